The van der Waals surface area contributed by atoms with Gasteiger partial charge in [-0.2, -0.15) is 0 Å². The Morgan fingerprint density at radius 1 is 1.33 bits per heavy atom. The van der Waals surface area contributed by atoms with Crippen LogP contribution in [0.4, 0.5) is 0 Å². The van der Waals surface area contributed by atoms with E-state index in [1.54, 1.807) is 0 Å². The molecule has 1 N–H and O–H groups in total. The van der Waals surface area contributed by atoms with Crippen molar-refractivity contribution >= 4 is 11.6 Å². The summed E-state index contributed by atoms with van der Waals surface area (Å²) in [5, 5.41) is 4.04. The highest BCUT2D eigenvalue weighted by Gasteiger charge is 2.04. The topological polar surface area (TPSA) is 47.0 Å². The van der Waals surface area contributed by atoms with Crippen LogP contribution in [0.15, 0.2) is 30.5 Å². The van der Waals surface area contributed by atoms with Crippen LogP contribution in [0.5, 0.6) is 6.01 Å². The van der Waals surface area contributed by atoms with Crippen molar-refractivity contribution in [2.75, 3.05) is 6.54 Å². The average Bonchev–Trinajstić information content (AvgIpc) is 2.47. The predicted octanol–water partition coefficient (Wildman–Crippen LogP) is 3.52. The number of rotatable bonds is 7. The lowest BCUT2D eigenvalue weighted by molar-refractivity contribution is 0.279. The molecule has 0 bridgehead atoms. The molecule has 0 amide bonds. The summed E-state index contributed by atoms with van der Waals surface area (Å²) in [6, 6.07) is 7.96. The van der Waals surface area contributed by atoms with Gasteiger partial charge in [-0.15, -0.1) is 0 Å². The molecule has 5 heteroatoms. The summed E-state index contributed by atoms with van der Waals surface area (Å²) in [6.45, 7) is 6.30. The molecule has 0 saturated carbocycles. The number of hydrogen-bond donors (Lipinski definition) is 1. The highest BCUT2D eigenvalue weighted by atomic mass is 35.5. The monoisotopic (exact) mass is 305 g/mol. The Morgan fingerprint density at radius 2 is 2.19 bits per heavy atom. The number of aromatic nitrogens is 2. The van der Waals surface area contributed by atoms with Crippen LogP contribution in [0.1, 0.15) is 30.2 Å². The Bertz CT molecular complexity index is 589. The molecule has 0 saturated heterocycles. The summed E-state index contributed by atoms with van der Waals surface area (Å²) >= 11 is 5.94. The zero-order chi connectivity index (χ0) is 15.1. The molecule has 2 rings (SSSR count). The molecule has 0 aliphatic carbocycles. The van der Waals surface area contributed by atoms with Gasteiger partial charge in [0.2, 0.25) is 0 Å². The fraction of sp³-hybridized carbons (Fsp3) is 0.375. The van der Waals surface area contributed by atoms with Crippen molar-refractivity contribution in [1.82, 2.24) is 15.3 Å². The maximum absolute atomic E-state index is 5.94. The predicted molar refractivity (Wildman–Crippen MR) is 84.6 cm³/mol. The molecule has 0 radical (unpaired) electrons. The lowest BCUT2D eigenvalue weighted by Crippen LogP contribution is -2.15. The molecule has 112 valence electrons. The van der Waals surface area contributed by atoms with E-state index >= 15 is 0 Å². The van der Waals surface area contributed by atoms with E-state index in [2.05, 4.69) is 22.2 Å². The Labute approximate surface area is 130 Å². The van der Waals surface area contributed by atoms with Gasteiger partial charge >= 0.3 is 6.01 Å². The van der Waals surface area contributed by atoms with E-state index in [0.29, 0.717) is 17.6 Å². The molecule has 0 atom stereocenters. The van der Waals surface area contributed by atoms with Crippen molar-refractivity contribution < 1.29 is 4.74 Å². The van der Waals surface area contributed by atoms with Crippen LogP contribution in [-0.2, 0) is 13.2 Å². The molecule has 0 unspecified atom stereocenters. The first kappa shape index (κ1) is 15.7. The van der Waals surface area contributed by atoms with Crippen LogP contribution < -0.4 is 10.1 Å². The normalized spacial score (nSPS) is 10.6. The van der Waals surface area contributed by atoms with Gasteiger partial charge in [-0.25, -0.2) is 9.97 Å². The largest absolute Gasteiger partial charge is 0.459 e. The number of hydrogen-bond acceptors (Lipinski definition) is 4. The van der Waals surface area contributed by atoms with Crippen molar-refractivity contribution in [2.24, 2.45) is 0 Å². The summed E-state index contributed by atoms with van der Waals surface area (Å²) in [4.78, 5) is 8.63. The third-order valence-electron chi connectivity index (χ3n) is 3.06. The van der Waals surface area contributed by atoms with E-state index in [1.807, 2.05) is 37.4 Å². The number of ether oxygens (including phenoxy) is 1. The second-order valence-corrected chi connectivity index (χ2v) is 5.30. The highest BCUT2D eigenvalue weighted by Crippen LogP contribution is 2.14. The minimum Gasteiger partial charge on any atom is -0.459 e. The molecule has 21 heavy (non-hydrogen) atoms. The van der Waals surface area contributed by atoms with Gasteiger partial charge < -0.3 is 10.1 Å². The highest BCUT2D eigenvalue weighted by molar-refractivity contribution is 6.30. The van der Waals surface area contributed by atoms with E-state index in [4.69, 9.17) is 16.3 Å². The van der Waals surface area contributed by atoms with Crippen molar-refractivity contribution in [2.45, 2.75) is 33.4 Å². The lowest BCUT2D eigenvalue weighted by atomic mass is 10.2. The SMILES string of the molecule is CCCNCc1cnc(OCc2cccc(Cl)c2)nc1C. The fourth-order valence-electron chi connectivity index (χ4n) is 1.89. The van der Waals surface area contributed by atoms with E-state index in [1.165, 1.54) is 0 Å². The fourth-order valence-corrected chi connectivity index (χ4v) is 2.10. The number of halogens is 1. The van der Waals surface area contributed by atoms with E-state index in [9.17, 15) is 0 Å². The number of nitrogens with one attached hydrogen (secondary N) is 1. The van der Waals surface area contributed by atoms with Crippen LogP contribution in [0.25, 0.3) is 0 Å². The standard InChI is InChI=1S/C16H20ClN3O/c1-3-7-18-9-14-10-19-16(20-12(14)2)21-11-13-5-4-6-15(17)8-13/h4-6,8,10,18H,3,7,9,11H2,1-2H3. The van der Waals surface area contributed by atoms with Crippen molar-refractivity contribution in [3.8, 4) is 6.01 Å². The van der Waals surface area contributed by atoms with Crippen LogP contribution in [0, 0.1) is 6.92 Å². The number of nitrogens with zero attached hydrogens (tertiary/aromatic N) is 2. The molecule has 2 aromatic rings. The first-order valence-corrected chi connectivity index (χ1v) is 7.47. The van der Waals surface area contributed by atoms with Gasteiger partial charge in [-0.1, -0.05) is 30.7 Å². The zero-order valence-corrected chi connectivity index (χ0v) is 13.2. The first-order valence-electron chi connectivity index (χ1n) is 7.09. The summed E-state index contributed by atoms with van der Waals surface area (Å²) < 4.78 is 5.61. The van der Waals surface area contributed by atoms with Gasteiger partial charge in [-0.05, 0) is 37.6 Å². The molecule has 1 aromatic heterocycles. The Morgan fingerprint density at radius 3 is 2.90 bits per heavy atom. The quantitative estimate of drug-likeness (QED) is 0.795. The van der Waals surface area contributed by atoms with E-state index in [0.717, 1.165) is 36.3 Å². The Hall–Kier alpha value is -1.65. The molecule has 0 aliphatic rings. The molecule has 1 heterocycles. The Balaban J connectivity index is 1.93. The van der Waals surface area contributed by atoms with Crippen molar-refractivity contribution in [3.05, 3.63) is 52.3 Å². The summed E-state index contributed by atoms with van der Waals surface area (Å²) in [5.74, 6) is 0. The third kappa shape index (κ3) is 4.99. The number of aryl methyl sites for hydroxylation is 1. The number of benzene rings is 1. The van der Waals surface area contributed by atoms with Crippen molar-refractivity contribution in [3.63, 3.8) is 0 Å². The maximum atomic E-state index is 5.94. The zero-order valence-electron chi connectivity index (χ0n) is 12.4. The van der Waals surface area contributed by atoms with Gasteiger partial charge in [0, 0.05) is 29.0 Å². The van der Waals surface area contributed by atoms with Crippen LogP contribution in [-0.4, -0.2) is 16.5 Å². The molecular weight excluding hydrogens is 286 g/mol. The van der Waals surface area contributed by atoms with Crippen LogP contribution >= 0.6 is 11.6 Å². The molecule has 0 aliphatic heterocycles. The molecule has 4 nitrogen and oxygen atoms in total. The minimum absolute atomic E-state index is 0.395. The van der Waals surface area contributed by atoms with Crippen LogP contribution in [0.2, 0.25) is 5.02 Å². The third-order valence-corrected chi connectivity index (χ3v) is 3.29. The van der Waals surface area contributed by atoms with E-state index < -0.39 is 0 Å². The maximum Gasteiger partial charge on any atom is 0.316 e. The minimum atomic E-state index is 0.395. The van der Waals surface area contributed by atoms with Gasteiger partial charge in [0.15, 0.2) is 0 Å². The first-order chi connectivity index (χ1) is 10.2. The smallest absolute Gasteiger partial charge is 0.316 e. The second-order valence-electron chi connectivity index (χ2n) is 4.86. The van der Waals surface area contributed by atoms with E-state index in [-0.39, 0.29) is 0 Å². The summed E-state index contributed by atoms with van der Waals surface area (Å²) in [5.41, 5.74) is 3.03. The summed E-state index contributed by atoms with van der Waals surface area (Å²) in [7, 11) is 0. The molecule has 1 aromatic carbocycles. The average molecular weight is 306 g/mol. The van der Waals surface area contributed by atoms with Gasteiger partial charge in [0.25, 0.3) is 0 Å². The Kier molecular flexibility index (Phi) is 5.96. The summed E-state index contributed by atoms with van der Waals surface area (Å²) in [6.07, 6.45) is 2.93. The second kappa shape index (κ2) is 7.96. The molecular formula is C16H20ClN3O. The van der Waals surface area contributed by atoms with Gasteiger partial charge in [0.05, 0.1) is 0 Å². The molecule has 0 spiro atoms. The lowest BCUT2D eigenvalue weighted by Gasteiger charge is -2.09. The van der Waals surface area contributed by atoms with Gasteiger partial charge in [-0.3, -0.25) is 0 Å². The van der Waals surface area contributed by atoms with Gasteiger partial charge in [0.1, 0.15) is 6.61 Å². The van der Waals surface area contributed by atoms with Crippen LogP contribution in [0.3, 0.4) is 0 Å². The van der Waals surface area contributed by atoms with Crippen molar-refractivity contribution in [1.29, 1.82) is 0 Å². The molecule has 0 fully saturated rings.